The molecule has 5 nitrogen and oxygen atoms in total. The van der Waals surface area contributed by atoms with Gasteiger partial charge in [0.25, 0.3) is 5.91 Å². The van der Waals surface area contributed by atoms with Crippen molar-refractivity contribution in [3.05, 3.63) is 74.4 Å². The molecule has 138 valence electrons. The third kappa shape index (κ3) is 4.71. The van der Waals surface area contributed by atoms with Crippen LogP contribution in [0.4, 0.5) is 0 Å². The van der Waals surface area contributed by atoms with Gasteiger partial charge in [-0.3, -0.25) is 4.79 Å². The molecule has 0 saturated carbocycles. The zero-order valence-electron chi connectivity index (χ0n) is 14.0. The second-order valence-corrected chi connectivity index (χ2v) is 7.13. The normalized spacial score (nSPS) is 11.0. The highest BCUT2D eigenvalue weighted by Crippen LogP contribution is 2.31. The third-order valence-corrected chi connectivity index (χ3v) is 4.63. The minimum absolute atomic E-state index is 0.358. The van der Waals surface area contributed by atoms with Crippen LogP contribution in [0.25, 0.3) is 11.3 Å². The number of carbonyl (C=O) groups excluding carboxylic acids is 1. The van der Waals surface area contributed by atoms with Gasteiger partial charge in [0.05, 0.1) is 23.9 Å². The first kappa shape index (κ1) is 19.5. The zero-order valence-corrected chi connectivity index (χ0v) is 17.1. The molecule has 3 rings (SSSR count). The van der Waals surface area contributed by atoms with Crippen molar-refractivity contribution in [2.24, 2.45) is 5.10 Å². The molecule has 0 unspecified atom stereocenters. The van der Waals surface area contributed by atoms with Gasteiger partial charge in [-0.15, -0.1) is 0 Å². The van der Waals surface area contributed by atoms with E-state index in [4.69, 9.17) is 32.4 Å². The molecule has 2 aromatic carbocycles. The predicted octanol–water partition coefficient (Wildman–Crippen LogP) is 5.79. The minimum Gasteiger partial charge on any atom is -0.496 e. The van der Waals surface area contributed by atoms with Crippen molar-refractivity contribution in [2.75, 3.05) is 7.11 Å². The quantitative estimate of drug-likeness (QED) is 0.381. The molecule has 8 heteroatoms. The minimum atomic E-state index is -0.406. The molecule has 27 heavy (non-hydrogen) atoms. The van der Waals surface area contributed by atoms with E-state index in [0.29, 0.717) is 38.4 Å². The topological polar surface area (TPSA) is 63.8 Å². The predicted molar refractivity (Wildman–Crippen MR) is 110 cm³/mol. The van der Waals surface area contributed by atoms with Crippen molar-refractivity contribution in [1.82, 2.24) is 5.43 Å². The van der Waals surface area contributed by atoms with Crippen LogP contribution in [0, 0.1) is 0 Å². The first-order valence-electron chi connectivity index (χ1n) is 7.70. The second-order valence-electron chi connectivity index (χ2n) is 5.37. The van der Waals surface area contributed by atoms with Crippen LogP contribution in [0.5, 0.6) is 5.75 Å². The Morgan fingerprint density at radius 3 is 2.74 bits per heavy atom. The van der Waals surface area contributed by atoms with E-state index in [1.54, 1.807) is 48.5 Å². The van der Waals surface area contributed by atoms with Gasteiger partial charge in [0.15, 0.2) is 0 Å². The Kier molecular flexibility index (Phi) is 6.21. The average molecular weight is 468 g/mol. The first-order chi connectivity index (χ1) is 13.0. The number of halogens is 3. The zero-order chi connectivity index (χ0) is 19.4. The first-order valence-corrected chi connectivity index (χ1v) is 9.25. The van der Waals surface area contributed by atoms with Crippen molar-refractivity contribution in [3.63, 3.8) is 0 Å². The lowest BCUT2D eigenvalue weighted by molar-refractivity contribution is 0.0952. The van der Waals surface area contributed by atoms with Crippen LogP contribution in [0.3, 0.4) is 0 Å². The van der Waals surface area contributed by atoms with Gasteiger partial charge >= 0.3 is 0 Å². The number of nitrogens with one attached hydrogen (secondary N) is 1. The number of carbonyl (C=O) groups is 1. The van der Waals surface area contributed by atoms with E-state index in [9.17, 15) is 4.79 Å². The Bertz CT molecular complexity index is 1020. The summed E-state index contributed by atoms with van der Waals surface area (Å²) in [4.78, 5) is 12.3. The maximum absolute atomic E-state index is 12.3. The van der Waals surface area contributed by atoms with E-state index >= 15 is 0 Å². The number of nitrogens with zero attached hydrogens (tertiary/aromatic N) is 1. The molecule has 0 radical (unpaired) electrons. The highest BCUT2D eigenvalue weighted by Gasteiger charge is 2.12. The number of hydrazone groups is 1. The Morgan fingerprint density at radius 2 is 2.00 bits per heavy atom. The second kappa shape index (κ2) is 8.61. The molecule has 1 N–H and O–H groups in total. The number of ether oxygens (including phenoxy) is 1. The average Bonchev–Trinajstić information content (AvgIpc) is 3.10. The fourth-order valence-corrected chi connectivity index (χ4v) is 3.19. The van der Waals surface area contributed by atoms with Crippen LogP contribution < -0.4 is 10.2 Å². The molecule has 3 aromatic rings. The largest absolute Gasteiger partial charge is 0.496 e. The Hall–Kier alpha value is -2.28. The van der Waals surface area contributed by atoms with E-state index in [1.807, 2.05) is 0 Å². The van der Waals surface area contributed by atoms with Crippen molar-refractivity contribution in [2.45, 2.75) is 0 Å². The van der Waals surface area contributed by atoms with Gasteiger partial charge in [-0.05, 0) is 48.5 Å². The summed E-state index contributed by atoms with van der Waals surface area (Å²) in [5, 5.41) is 4.95. The van der Waals surface area contributed by atoms with E-state index in [0.717, 1.165) is 4.47 Å². The molecule has 0 aliphatic rings. The Labute approximate surface area is 174 Å². The highest BCUT2D eigenvalue weighted by molar-refractivity contribution is 9.10. The summed E-state index contributed by atoms with van der Waals surface area (Å²) in [6, 6.07) is 13.7. The van der Waals surface area contributed by atoms with E-state index in [1.165, 1.54) is 13.3 Å². The summed E-state index contributed by atoms with van der Waals surface area (Å²) >= 11 is 15.4. The van der Waals surface area contributed by atoms with Crippen molar-refractivity contribution >= 4 is 51.3 Å². The van der Waals surface area contributed by atoms with Crippen LogP contribution in [0.2, 0.25) is 10.0 Å². The van der Waals surface area contributed by atoms with Gasteiger partial charge in [0, 0.05) is 15.1 Å². The molecule has 0 saturated heterocycles. The smallest absolute Gasteiger partial charge is 0.275 e. The van der Waals surface area contributed by atoms with Gasteiger partial charge in [0.1, 0.15) is 17.3 Å². The molecule has 1 aromatic heterocycles. The van der Waals surface area contributed by atoms with Crippen molar-refractivity contribution in [1.29, 1.82) is 0 Å². The summed E-state index contributed by atoms with van der Waals surface area (Å²) in [6.45, 7) is 0. The third-order valence-electron chi connectivity index (χ3n) is 3.59. The van der Waals surface area contributed by atoms with Gasteiger partial charge in [-0.2, -0.15) is 5.10 Å². The molecule has 0 spiro atoms. The number of hydrogen-bond donors (Lipinski definition) is 1. The van der Waals surface area contributed by atoms with Crippen LogP contribution in [-0.2, 0) is 0 Å². The van der Waals surface area contributed by atoms with E-state index in [2.05, 4.69) is 26.5 Å². The number of rotatable bonds is 5. The van der Waals surface area contributed by atoms with Crippen molar-refractivity contribution < 1.29 is 13.9 Å². The molecule has 0 aliphatic heterocycles. The number of methoxy groups -OCH3 is 1. The van der Waals surface area contributed by atoms with Gasteiger partial charge < -0.3 is 9.15 Å². The van der Waals surface area contributed by atoms with Crippen molar-refractivity contribution in [3.8, 4) is 17.1 Å². The lowest BCUT2D eigenvalue weighted by Gasteiger charge is -2.07. The van der Waals surface area contributed by atoms with E-state index < -0.39 is 5.91 Å². The summed E-state index contributed by atoms with van der Waals surface area (Å²) in [6.07, 6.45) is 1.40. The molecular formula is C19H13BrCl2N2O3. The summed E-state index contributed by atoms with van der Waals surface area (Å²) < 4.78 is 11.6. The summed E-state index contributed by atoms with van der Waals surface area (Å²) in [5.41, 5.74) is 3.51. The molecule has 0 aliphatic carbocycles. The van der Waals surface area contributed by atoms with Gasteiger partial charge in [-0.25, -0.2) is 5.43 Å². The SMILES string of the molecule is COc1ccc(Br)cc1C(=O)N/N=C\c1ccc(-c2ccc(Cl)cc2Cl)o1. The Balaban J connectivity index is 1.71. The fourth-order valence-electron chi connectivity index (χ4n) is 2.33. The lowest BCUT2D eigenvalue weighted by Crippen LogP contribution is -2.18. The van der Waals surface area contributed by atoms with Crippen LogP contribution in [-0.4, -0.2) is 19.2 Å². The molecule has 0 atom stereocenters. The molecule has 1 heterocycles. The summed E-state index contributed by atoms with van der Waals surface area (Å²) in [7, 11) is 1.50. The monoisotopic (exact) mass is 466 g/mol. The maximum atomic E-state index is 12.3. The Morgan fingerprint density at radius 1 is 1.19 bits per heavy atom. The van der Waals surface area contributed by atoms with Gasteiger partial charge in [0.2, 0.25) is 0 Å². The van der Waals surface area contributed by atoms with Crippen LogP contribution >= 0.6 is 39.1 Å². The standard InChI is InChI=1S/C19H13BrCl2N2O3/c1-26-17-6-2-11(20)8-15(17)19(25)24-23-10-13-4-7-18(27-13)14-5-3-12(21)9-16(14)22/h2-10H,1H3,(H,24,25)/b23-10-. The highest BCUT2D eigenvalue weighted by atomic mass is 79.9. The fraction of sp³-hybridized carbons (Fsp3) is 0.0526. The molecular weight excluding hydrogens is 455 g/mol. The number of benzene rings is 2. The number of amides is 1. The maximum Gasteiger partial charge on any atom is 0.275 e. The van der Waals surface area contributed by atoms with Gasteiger partial charge in [-0.1, -0.05) is 39.1 Å². The number of furan rings is 1. The molecule has 1 amide bonds. The molecule has 0 bridgehead atoms. The number of hydrogen-bond acceptors (Lipinski definition) is 4. The molecule has 0 fully saturated rings. The summed E-state index contributed by atoms with van der Waals surface area (Å²) in [5.74, 6) is 1.07. The van der Waals surface area contributed by atoms with Crippen LogP contribution in [0.1, 0.15) is 16.1 Å². The van der Waals surface area contributed by atoms with E-state index in [-0.39, 0.29) is 0 Å². The lowest BCUT2D eigenvalue weighted by atomic mass is 10.2. The van der Waals surface area contributed by atoms with Crippen LogP contribution in [0.15, 0.2) is 62.5 Å².